The number of hydrogen-bond donors (Lipinski definition) is 1. The van der Waals surface area contributed by atoms with Gasteiger partial charge in [-0.25, -0.2) is 0 Å². The lowest BCUT2D eigenvalue weighted by atomic mass is 10.3. The Kier molecular flexibility index (Phi) is 5.86. The number of nitrogens with one attached hydrogen (secondary N) is 1. The van der Waals surface area contributed by atoms with Gasteiger partial charge in [0.1, 0.15) is 0 Å². The van der Waals surface area contributed by atoms with Crippen LogP contribution in [0.1, 0.15) is 26.7 Å². The lowest BCUT2D eigenvalue weighted by molar-refractivity contribution is 0.297. The number of fused-ring (bicyclic) bond motifs is 1. The van der Waals surface area contributed by atoms with E-state index >= 15 is 0 Å². The molecule has 1 unspecified atom stereocenters. The molecule has 1 heterocycles. The highest BCUT2D eigenvalue weighted by molar-refractivity contribution is 8.00. The molecule has 106 valence electrons. The Labute approximate surface area is 120 Å². The summed E-state index contributed by atoms with van der Waals surface area (Å²) in [6.45, 7) is 8.05. The molecule has 1 N–H and O–H groups in total. The van der Waals surface area contributed by atoms with Gasteiger partial charge >= 0.3 is 0 Å². The van der Waals surface area contributed by atoms with E-state index in [9.17, 15) is 0 Å². The molecule has 0 radical (unpaired) electrons. The fourth-order valence-electron chi connectivity index (χ4n) is 1.97. The van der Waals surface area contributed by atoms with Crippen molar-refractivity contribution in [2.45, 2.75) is 36.8 Å². The van der Waals surface area contributed by atoms with Gasteiger partial charge in [-0.1, -0.05) is 13.8 Å². The van der Waals surface area contributed by atoms with Crippen molar-refractivity contribution in [3.05, 3.63) is 18.2 Å². The molecule has 0 bridgehead atoms. The third-order valence-electron chi connectivity index (χ3n) is 2.91. The van der Waals surface area contributed by atoms with E-state index in [0.29, 0.717) is 5.25 Å². The average Bonchev–Trinajstić information content (AvgIpc) is 2.63. The zero-order chi connectivity index (χ0) is 13.5. The molecule has 2 rings (SSSR count). The van der Waals surface area contributed by atoms with Crippen LogP contribution >= 0.6 is 11.8 Å². The molecule has 0 amide bonds. The second-order valence-electron chi connectivity index (χ2n) is 4.79. The third kappa shape index (κ3) is 4.62. The standard InChI is InChI=1S/C15H23NO2S/c1-3-7-16-11-12(2)19-13-5-6-14-15(10-13)18-9-4-8-17-14/h5-6,10,12,16H,3-4,7-9,11H2,1-2H3. The van der Waals surface area contributed by atoms with E-state index < -0.39 is 0 Å². The van der Waals surface area contributed by atoms with E-state index in [0.717, 1.165) is 44.2 Å². The van der Waals surface area contributed by atoms with E-state index in [-0.39, 0.29) is 0 Å². The van der Waals surface area contributed by atoms with Crippen molar-refractivity contribution in [2.24, 2.45) is 0 Å². The summed E-state index contributed by atoms with van der Waals surface area (Å²) in [5.74, 6) is 1.76. The van der Waals surface area contributed by atoms with Crippen LogP contribution in [0.2, 0.25) is 0 Å². The molecule has 19 heavy (non-hydrogen) atoms. The van der Waals surface area contributed by atoms with Crippen molar-refractivity contribution in [1.82, 2.24) is 5.32 Å². The number of rotatable bonds is 6. The smallest absolute Gasteiger partial charge is 0.162 e. The molecule has 1 aromatic rings. The fraction of sp³-hybridized carbons (Fsp3) is 0.600. The van der Waals surface area contributed by atoms with Crippen LogP contribution in [0.15, 0.2) is 23.1 Å². The van der Waals surface area contributed by atoms with Gasteiger partial charge in [0.15, 0.2) is 11.5 Å². The van der Waals surface area contributed by atoms with E-state index in [1.165, 1.54) is 11.3 Å². The van der Waals surface area contributed by atoms with Gasteiger partial charge in [-0.3, -0.25) is 0 Å². The van der Waals surface area contributed by atoms with Crippen molar-refractivity contribution >= 4 is 11.8 Å². The minimum atomic E-state index is 0.552. The van der Waals surface area contributed by atoms with Gasteiger partial charge in [0, 0.05) is 23.1 Å². The zero-order valence-corrected chi connectivity index (χ0v) is 12.6. The summed E-state index contributed by atoms with van der Waals surface area (Å²) < 4.78 is 11.4. The molecule has 1 aromatic carbocycles. The van der Waals surface area contributed by atoms with E-state index in [1.54, 1.807) is 0 Å². The molecule has 1 atom stereocenters. The SMILES string of the molecule is CCCNCC(C)Sc1ccc2c(c1)OCCCO2. The normalized spacial score (nSPS) is 15.9. The van der Waals surface area contributed by atoms with Crippen molar-refractivity contribution in [3.63, 3.8) is 0 Å². The van der Waals surface area contributed by atoms with E-state index in [1.807, 2.05) is 17.8 Å². The second-order valence-corrected chi connectivity index (χ2v) is 6.30. The lowest BCUT2D eigenvalue weighted by Crippen LogP contribution is -2.23. The minimum Gasteiger partial charge on any atom is -0.490 e. The Morgan fingerprint density at radius 1 is 1.26 bits per heavy atom. The Hall–Kier alpha value is -0.870. The first kappa shape index (κ1) is 14.5. The predicted octanol–water partition coefficient (Wildman–Crippen LogP) is 3.33. The molecular weight excluding hydrogens is 258 g/mol. The Morgan fingerprint density at radius 3 is 2.84 bits per heavy atom. The van der Waals surface area contributed by atoms with Gasteiger partial charge in [-0.15, -0.1) is 11.8 Å². The highest BCUT2D eigenvalue weighted by atomic mass is 32.2. The first-order valence-corrected chi connectivity index (χ1v) is 7.94. The van der Waals surface area contributed by atoms with Crippen LogP contribution < -0.4 is 14.8 Å². The summed E-state index contributed by atoms with van der Waals surface area (Å²) in [6, 6.07) is 6.24. The van der Waals surface area contributed by atoms with Crippen LogP contribution in [0.5, 0.6) is 11.5 Å². The fourth-order valence-corrected chi connectivity index (χ4v) is 2.96. The van der Waals surface area contributed by atoms with Crippen molar-refractivity contribution in [3.8, 4) is 11.5 Å². The number of hydrogen-bond acceptors (Lipinski definition) is 4. The van der Waals surface area contributed by atoms with Gasteiger partial charge in [0.2, 0.25) is 0 Å². The highest BCUT2D eigenvalue weighted by Crippen LogP contribution is 2.35. The van der Waals surface area contributed by atoms with Crippen molar-refractivity contribution in [1.29, 1.82) is 0 Å². The summed E-state index contributed by atoms with van der Waals surface area (Å²) in [5.41, 5.74) is 0. The monoisotopic (exact) mass is 281 g/mol. The van der Waals surface area contributed by atoms with Gasteiger partial charge in [0.05, 0.1) is 13.2 Å². The molecule has 4 heteroatoms. The molecule has 0 aromatic heterocycles. The molecular formula is C15H23NO2S. The molecule has 0 saturated heterocycles. The zero-order valence-electron chi connectivity index (χ0n) is 11.8. The molecule has 1 aliphatic rings. The molecule has 0 aliphatic carbocycles. The van der Waals surface area contributed by atoms with Crippen LogP contribution in [0.3, 0.4) is 0 Å². The van der Waals surface area contributed by atoms with Crippen LogP contribution in [0, 0.1) is 0 Å². The van der Waals surface area contributed by atoms with Crippen LogP contribution in [0.25, 0.3) is 0 Å². The Balaban J connectivity index is 1.92. The van der Waals surface area contributed by atoms with Crippen molar-refractivity contribution in [2.75, 3.05) is 26.3 Å². The Morgan fingerprint density at radius 2 is 2.05 bits per heavy atom. The first-order valence-electron chi connectivity index (χ1n) is 7.06. The summed E-state index contributed by atoms with van der Waals surface area (Å²) >= 11 is 1.88. The summed E-state index contributed by atoms with van der Waals surface area (Å²) in [4.78, 5) is 1.25. The van der Waals surface area contributed by atoms with Gasteiger partial charge < -0.3 is 14.8 Å². The molecule has 0 fully saturated rings. The maximum atomic E-state index is 5.72. The highest BCUT2D eigenvalue weighted by Gasteiger charge is 2.12. The predicted molar refractivity (Wildman–Crippen MR) is 80.5 cm³/mol. The maximum Gasteiger partial charge on any atom is 0.162 e. The number of thioether (sulfide) groups is 1. The average molecular weight is 281 g/mol. The maximum absolute atomic E-state index is 5.72. The van der Waals surface area contributed by atoms with Crippen molar-refractivity contribution < 1.29 is 9.47 Å². The molecule has 0 spiro atoms. The number of ether oxygens (including phenoxy) is 2. The lowest BCUT2D eigenvalue weighted by Gasteiger charge is -2.14. The first-order chi connectivity index (χ1) is 9.29. The van der Waals surface area contributed by atoms with E-state index in [2.05, 4.69) is 31.3 Å². The topological polar surface area (TPSA) is 30.5 Å². The number of benzene rings is 1. The molecule has 3 nitrogen and oxygen atoms in total. The quantitative estimate of drug-likeness (QED) is 0.640. The van der Waals surface area contributed by atoms with E-state index in [4.69, 9.17) is 9.47 Å². The summed E-state index contributed by atoms with van der Waals surface area (Å²) in [6.07, 6.45) is 2.13. The van der Waals surface area contributed by atoms with Crippen LogP contribution in [-0.4, -0.2) is 31.6 Å². The van der Waals surface area contributed by atoms with Gasteiger partial charge in [-0.2, -0.15) is 0 Å². The second kappa shape index (κ2) is 7.65. The largest absolute Gasteiger partial charge is 0.490 e. The van der Waals surface area contributed by atoms with Gasteiger partial charge in [-0.05, 0) is 31.2 Å². The Bertz CT molecular complexity index is 398. The molecule has 1 aliphatic heterocycles. The van der Waals surface area contributed by atoms with Gasteiger partial charge in [0.25, 0.3) is 0 Å². The third-order valence-corrected chi connectivity index (χ3v) is 4.01. The van der Waals surface area contributed by atoms with Crippen LogP contribution in [0.4, 0.5) is 0 Å². The minimum absolute atomic E-state index is 0.552. The summed E-state index contributed by atoms with van der Waals surface area (Å²) in [5, 5.41) is 4.00. The summed E-state index contributed by atoms with van der Waals surface area (Å²) in [7, 11) is 0. The molecule has 0 saturated carbocycles. The van der Waals surface area contributed by atoms with Crippen LogP contribution in [-0.2, 0) is 0 Å².